The van der Waals surface area contributed by atoms with Gasteiger partial charge in [-0.25, -0.2) is 4.79 Å². The largest absolute Gasteiger partial charge is 0.465 e. The number of hydrogen-bond acceptors (Lipinski definition) is 3. The van der Waals surface area contributed by atoms with E-state index in [-0.39, 0.29) is 5.56 Å². The molecule has 35 heavy (non-hydrogen) atoms. The molecule has 0 fully saturated rings. The van der Waals surface area contributed by atoms with Crippen LogP contribution in [0.4, 0.5) is 10.5 Å². The molecule has 0 radical (unpaired) electrons. The number of aryl methyl sites for hydroxylation is 1. The summed E-state index contributed by atoms with van der Waals surface area (Å²) in [5.74, 6) is -1.00. The van der Waals surface area contributed by atoms with E-state index < -0.39 is 24.0 Å². The molecule has 0 saturated heterocycles. The van der Waals surface area contributed by atoms with Crippen molar-refractivity contribution in [1.82, 2.24) is 9.88 Å². The molecule has 0 aliphatic rings. The summed E-state index contributed by atoms with van der Waals surface area (Å²) in [6, 6.07) is 28.0. The van der Waals surface area contributed by atoms with Crippen LogP contribution in [-0.4, -0.2) is 27.7 Å². The average Bonchev–Trinajstić information content (AvgIpc) is 2.87. The van der Waals surface area contributed by atoms with Gasteiger partial charge in [0.05, 0.1) is 0 Å². The minimum Gasteiger partial charge on any atom is -0.465 e. The highest BCUT2D eigenvalue weighted by atomic mass is 16.4. The molecule has 1 atom stereocenters. The molecular weight excluding hydrogens is 442 g/mol. The Balaban J connectivity index is 1.62. The smallest absolute Gasteiger partial charge is 0.405 e. The average molecular weight is 468 g/mol. The van der Waals surface area contributed by atoms with Crippen molar-refractivity contribution in [2.75, 3.05) is 5.32 Å². The predicted octanol–water partition coefficient (Wildman–Crippen LogP) is 4.46. The first-order chi connectivity index (χ1) is 16.9. The van der Waals surface area contributed by atoms with Gasteiger partial charge in [-0.3, -0.25) is 9.59 Å². The van der Waals surface area contributed by atoms with Crippen molar-refractivity contribution in [1.29, 1.82) is 0 Å². The predicted molar refractivity (Wildman–Crippen MR) is 135 cm³/mol. The summed E-state index contributed by atoms with van der Waals surface area (Å²) in [5, 5.41) is 14.8. The number of pyridine rings is 1. The van der Waals surface area contributed by atoms with Crippen LogP contribution in [0.1, 0.15) is 17.0 Å². The van der Waals surface area contributed by atoms with Crippen molar-refractivity contribution in [3.63, 3.8) is 0 Å². The Labute approximate surface area is 202 Å². The number of anilines is 1. The molecule has 3 aromatic carbocycles. The standard InChI is InChI=1S/C28H25N3O4/c1-31-18-22(14-17-24(31)32)19-12-15-23(16-13-19)29-27(33)26(30-28(34)35)25(20-8-4-2-5-9-20)21-10-6-3-7-11-21/h2-18,25-26,30H,1H3,(H,29,33)(H,34,35). The summed E-state index contributed by atoms with van der Waals surface area (Å²) < 4.78 is 1.50. The first-order valence-corrected chi connectivity index (χ1v) is 11.1. The summed E-state index contributed by atoms with van der Waals surface area (Å²) in [5.41, 5.74) is 3.81. The minimum absolute atomic E-state index is 0.0963. The summed E-state index contributed by atoms with van der Waals surface area (Å²) in [7, 11) is 1.69. The van der Waals surface area contributed by atoms with Crippen molar-refractivity contribution in [2.24, 2.45) is 7.05 Å². The molecular formula is C28H25N3O4. The van der Waals surface area contributed by atoms with Gasteiger partial charge in [-0.05, 0) is 40.5 Å². The van der Waals surface area contributed by atoms with Crippen LogP contribution in [0.15, 0.2) is 108 Å². The second-order valence-corrected chi connectivity index (χ2v) is 8.16. The Morgan fingerprint density at radius 3 is 1.83 bits per heavy atom. The third kappa shape index (κ3) is 5.65. The molecule has 1 heterocycles. The van der Waals surface area contributed by atoms with E-state index in [4.69, 9.17) is 0 Å². The van der Waals surface area contributed by atoms with Crippen LogP contribution in [0.2, 0.25) is 0 Å². The summed E-state index contributed by atoms with van der Waals surface area (Å²) in [6.07, 6.45) is 0.458. The molecule has 0 bridgehead atoms. The lowest BCUT2D eigenvalue weighted by Crippen LogP contribution is -2.47. The van der Waals surface area contributed by atoms with Gasteiger partial charge in [0.1, 0.15) is 6.04 Å². The van der Waals surface area contributed by atoms with E-state index >= 15 is 0 Å². The molecule has 3 N–H and O–H groups in total. The van der Waals surface area contributed by atoms with E-state index in [1.54, 1.807) is 31.4 Å². The quantitative estimate of drug-likeness (QED) is 0.374. The normalized spacial score (nSPS) is 11.6. The fourth-order valence-electron chi connectivity index (χ4n) is 4.06. The van der Waals surface area contributed by atoms with Gasteiger partial charge in [-0.2, -0.15) is 0 Å². The number of amides is 2. The minimum atomic E-state index is -1.29. The maximum atomic E-state index is 13.4. The molecule has 2 amide bonds. The second-order valence-electron chi connectivity index (χ2n) is 8.16. The highest BCUT2D eigenvalue weighted by Crippen LogP contribution is 2.29. The zero-order valence-electron chi connectivity index (χ0n) is 19.1. The van der Waals surface area contributed by atoms with E-state index in [1.807, 2.05) is 72.8 Å². The molecule has 4 aromatic rings. The number of carboxylic acid groups (broad SMARTS) is 1. The van der Waals surface area contributed by atoms with Gasteiger partial charge in [0.2, 0.25) is 11.5 Å². The van der Waals surface area contributed by atoms with E-state index in [2.05, 4.69) is 10.6 Å². The number of hydrogen-bond donors (Lipinski definition) is 3. The molecule has 0 aliphatic carbocycles. The Morgan fingerprint density at radius 2 is 1.31 bits per heavy atom. The zero-order valence-corrected chi connectivity index (χ0v) is 19.1. The van der Waals surface area contributed by atoms with Crippen LogP contribution in [0.5, 0.6) is 0 Å². The fraction of sp³-hybridized carbons (Fsp3) is 0.107. The lowest BCUT2D eigenvalue weighted by atomic mass is 9.84. The number of benzene rings is 3. The van der Waals surface area contributed by atoms with Gasteiger partial charge in [-0.1, -0.05) is 72.8 Å². The topological polar surface area (TPSA) is 100 Å². The number of carbonyl (C=O) groups is 2. The Morgan fingerprint density at radius 1 is 0.771 bits per heavy atom. The van der Waals surface area contributed by atoms with Crippen molar-refractivity contribution in [3.8, 4) is 11.1 Å². The maximum absolute atomic E-state index is 13.4. The second kappa shape index (κ2) is 10.5. The summed E-state index contributed by atoms with van der Waals surface area (Å²) in [4.78, 5) is 36.7. The molecule has 176 valence electrons. The highest BCUT2D eigenvalue weighted by molar-refractivity contribution is 5.97. The monoisotopic (exact) mass is 467 g/mol. The maximum Gasteiger partial charge on any atom is 0.405 e. The van der Waals surface area contributed by atoms with Crippen LogP contribution in [0.25, 0.3) is 11.1 Å². The van der Waals surface area contributed by atoms with Crippen LogP contribution in [0, 0.1) is 0 Å². The molecule has 0 saturated carbocycles. The van der Waals surface area contributed by atoms with Gasteiger partial charge < -0.3 is 20.3 Å². The van der Waals surface area contributed by atoms with Crippen LogP contribution in [0.3, 0.4) is 0 Å². The van der Waals surface area contributed by atoms with Gasteiger partial charge in [-0.15, -0.1) is 0 Å². The molecule has 0 aliphatic heterocycles. The number of aromatic nitrogens is 1. The van der Waals surface area contributed by atoms with Gasteiger partial charge in [0.25, 0.3) is 0 Å². The Hall–Kier alpha value is -4.65. The third-order valence-corrected chi connectivity index (χ3v) is 5.78. The molecule has 1 aromatic heterocycles. The van der Waals surface area contributed by atoms with Crippen molar-refractivity contribution in [2.45, 2.75) is 12.0 Å². The van der Waals surface area contributed by atoms with E-state index in [9.17, 15) is 19.5 Å². The van der Waals surface area contributed by atoms with Crippen LogP contribution < -0.4 is 16.2 Å². The fourth-order valence-corrected chi connectivity index (χ4v) is 4.06. The summed E-state index contributed by atoms with van der Waals surface area (Å²) in [6.45, 7) is 0. The lowest BCUT2D eigenvalue weighted by molar-refractivity contribution is -0.118. The molecule has 7 heteroatoms. The lowest BCUT2D eigenvalue weighted by Gasteiger charge is -2.27. The number of rotatable bonds is 7. The van der Waals surface area contributed by atoms with Crippen molar-refractivity contribution < 1.29 is 14.7 Å². The highest BCUT2D eigenvalue weighted by Gasteiger charge is 2.32. The molecule has 4 rings (SSSR count). The van der Waals surface area contributed by atoms with Gasteiger partial charge in [0.15, 0.2) is 0 Å². The Kier molecular flexibility index (Phi) is 7.07. The third-order valence-electron chi connectivity index (χ3n) is 5.78. The molecule has 1 unspecified atom stereocenters. The zero-order chi connectivity index (χ0) is 24.8. The van der Waals surface area contributed by atoms with Crippen molar-refractivity contribution in [3.05, 3.63) is 125 Å². The SMILES string of the molecule is Cn1cc(-c2ccc(NC(=O)C(NC(=O)O)C(c3ccccc3)c3ccccc3)cc2)ccc1=O. The summed E-state index contributed by atoms with van der Waals surface area (Å²) >= 11 is 0. The first kappa shape index (κ1) is 23.5. The van der Waals surface area contributed by atoms with Crippen LogP contribution in [-0.2, 0) is 11.8 Å². The number of nitrogens with one attached hydrogen (secondary N) is 2. The first-order valence-electron chi connectivity index (χ1n) is 11.1. The van der Waals surface area contributed by atoms with E-state index in [0.717, 1.165) is 22.3 Å². The Bertz CT molecular complexity index is 1330. The van der Waals surface area contributed by atoms with Gasteiger partial charge in [0, 0.05) is 30.9 Å². The molecule has 7 nitrogen and oxygen atoms in total. The van der Waals surface area contributed by atoms with Crippen molar-refractivity contribution >= 4 is 17.7 Å². The van der Waals surface area contributed by atoms with E-state index in [1.165, 1.54) is 10.6 Å². The number of nitrogens with zero attached hydrogens (tertiary/aromatic N) is 1. The van der Waals surface area contributed by atoms with Crippen LogP contribution >= 0.6 is 0 Å². The van der Waals surface area contributed by atoms with E-state index in [0.29, 0.717) is 5.69 Å². The molecule has 0 spiro atoms. The van der Waals surface area contributed by atoms with Gasteiger partial charge >= 0.3 is 6.09 Å². The number of carbonyl (C=O) groups excluding carboxylic acids is 1.